The average Bonchev–Trinajstić information content (AvgIpc) is 3.15. The van der Waals surface area contributed by atoms with Crippen LogP contribution in [0.3, 0.4) is 0 Å². The van der Waals surface area contributed by atoms with E-state index in [1.807, 2.05) is 0 Å². The van der Waals surface area contributed by atoms with Crippen LogP contribution in [0.5, 0.6) is 0 Å². The first-order valence-corrected chi connectivity index (χ1v) is 9.43. The lowest BCUT2D eigenvalue weighted by molar-refractivity contribution is -0.143. The van der Waals surface area contributed by atoms with Crippen LogP contribution in [0.15, 0.2) is 16.7 Å². The van der Waals surface area contributed by atoms with E-state index in [9.17, 15) is 19.5 Å². The van der Waals surface area contributed by atoms with Gasteiger partial charge in [0.05, 0.1) is 11.5 Å². The molecule has 0 aromatic carbocycles. The SMILES string of the molecule is Cc1ccc(Br)nc1NC(=O)[C@@H]1C[C@@]2(C(=O)O)CC2N1C(=O)OC(C)(C)C. The Kier molecular flexibility index (Phi) is 4.70. The molecule has 2 heterocycles. The Bertz CT molecular complexity index is 822. The van der Waals surface area contributed by atoms with Crippen molar-refractivity contribution in [3.05, 3.63) is 22.3 Å². The Balaban J connectivity index is 1.85. The summed E-state index contributed by atoms with van der Waals surface area (Å²) in [6.07, 6.45) is -0.280. The number of carboxylic acids is 1. The number of aliphatic carboxylic acids is 1. The van der Waals surface area contributed by atoms with Crippen molar-refractivity contribution in [3.63, 3.8) is 0 Å². The number of aromatic nitrogens is 1. The van der Waals surface area contributed by atoms with Crippen molar-refractivity contribution in [3.8, 4) is 0 Å². The summed E-state index contributed by atoms with van der Waals surface area (Å²) in [4.78, 5) is 42.8. The number of halogens is 1. The summed E-state index contributed by atoms with van der Waals surface area (Å²) in [5.74, 6) is -1.10. The quantitative estimate of drug-likeness (QED) is 0.700. The van der Waals surface area contributed by atoms with Crippen LogP contribution < -0.4 is 5.32 Å². The molecule has 1 aromatic rings. The van der Waals surface area contributed by atoms with E-state index in [-0.39, 0.29) is 6.42 Å². The molecule has 0 bridgehead atoms. The average molecular weight is 440 g/mol. The van der Waals surface area contributed by atoms with Crippen molar-refractivity contribution in [2.75, 3.05) is 5.32 Å². The first kappa shape index (κ1) is 19.6. The molecule has 2 fully saturated rings. The highest BCUT2D eigenvalue weighted by Crippen LogP contribution is 2.60. The highest BCUT2D eigenvalue weighted by Gasteiger charge is 2.72. The number of aryl methyl sites for hydroxylation is 1. The summed E-state index contributed by atoms with van der Waals surface area (Å²) in [7, 11) is 0. The van der Waals surface area contributed by atoms with Crippen molar-refractivity contribution in [2.24, 2.45) is 5.41 Å². The molecule has 8 nitrogen and oxygen atoms in total. The summed E-state index contributed by atoms with van der Waals surface area (Å²) in [5, 5.41) is 12.3. The summed E-state index contributed by atoms with van der Waals surface area (Å²) < 4.78 is 5.97. The van der Waals surface area contributed by atoms with Crippen molar-refractivity contribution in [1.82, 2.24) is 9.88 Å². The number of ether oxygens (including phenoxy) is 1. The van der Waals surface area contributed by atoms with Gasteiger partial charge in [0, 0.05) is 0 Å². The largest absolute Gasteiger partial charge is 0.481 e. The van der Waals surface area contributed by atoms with Crippen LogP contribution in [0, 0.1) is 12.3 Å². The molecule has 2 amide bonds. The molecule has 146 valence electrons. The third kappa shape index (κ3) is 3.65. The van der Waals surface area contributed by atoms with E-state index in [1.54, 1.807) is 39.8 Å². The van der Waals surface area contributed by atoms with Crippen molar-refractivity contribution in [2.45, 2.75) is 58.2 Å². The van der Waals surface area contributed by atoms with Gasteiger partial charge < -0.3 is 15.2 Å². The molecule has 2 N–H and O–H groups in total. The molecular formula is C18H22BrN3O5. The molecule has 1 unspecified atom stereocenters. The number of anilines is 1. The van der Waals surface area contributed by atoms with Gasteiger partial charge in [0.15, 0.2) is 0 Å². The minimum atomic E-state index is -1.07. The molecule has 2 aliphatic rings. The Labute approximate surface area is 165 Å². The number of fused-ring (bicyclic) bond motifs is 1. The van der Waals surface area contributed by atoms with E-state index in [2.05, 4.69) is 26.2 Å². The van der Waals surface area contributed by atoms with Crippen LogP contribution in [0.1, 0.15) is 39.2 Å². The van der Waals surface area contributed by atoms with E-state index < -0.39 is 41.1 Å². The first-order valence-electron chi connectivity index (χ1n) is 8.63. The smallest absolute Gasteiger partial charge is 0.411 e. The second-order valence-electron chi connectivity index (χ2n) is 8.08. The van der Waals surface area contributed by atoms with Crippen LogP contribution in [0.2, 0.25) is 0 Å². The number of piperidine rings is 1. The zero-order chi connectivity index (χ0) is 20.1. The Hall–Kier alpha value is -2.16. The number of nitrogens with one attached hydrogen (secondary N) is 1. The van der Waals surface area contributed by atoms with E-state index in [0.717, 1.165) is 5.56 Å². The zero-order valence-electron chi connectivity index (χ0n) is 15.6. The molecule has 1 aliphatic carbocycles. The van der Waals surface area contributed by atoms with E-state index in [1.165, 1.54) is 4.90 Å². The van der Waals surface area contributed by atoms with Gasteiger partial charge in [-0.3, -0.25) is 14.5 Å². The third-order valence-corrected chi connectivity index (χ3v) is 5.34. The Morgan fingerprint density at radius 2 is 2.00 bits per heavy atom. The standard InChI is InChI=1S/C18H22BrN3O5/c1-9-5-6-12(19)20-13(9)21-14(23)10-7-18(15(24)25)8-11(18)22(10)16(26)27-17(2,3)4/h5-6,10-11H,7-8H2,1-4H3,(H,24,25)(H,20,21,23)/t10-,11?,18+/m0/s1. The van der Waals surface area contributed by atoms with Gasteiger partial charge in [0.25, 0.3) is 0 Å². The van der Waals surface area contributed by atoms with Gasteiger partial charge >= 0.3 is 12.1 Å². The number of hydrogen-bond donors (Lipinski definition) is 2. The second-order valence-corrected chi connectivity index (χ2v) is 8.89. The molecule has 3 atom stereocenters. The number of likely N-dealkylation sites (tertiary alicyclic amines) is 1. The van der Waals surface area contributed by atoms with Gasteiger partial charge in [-0.2, -0.15) is 0 Å². The fourth-order valence-corrected chi connectivity index (χ4v) is 3.78. The van der Waals surface area contributed by atoms with E-state index in [4.69, 9.17) is 4.74 Å². The number of carboxylic acid groups (broad SMARTS) is 1. The predicted octanol–water partition coefficient (Wildman–Crippen LogP) is 2.94. The lowest BCUT2D eigenvalue weighted by Gasteiger charge is -2.29. The number of rotatable bonds is 3. The molecule has 0 radical (unpaired) electrons. The van der Waals surface area contributed by atoms with Crippen LogP contribution in [0.25, 0.3) is 0 Å². The van der Waals surface area contributed by atoms with Crippen LogP contribution in [-0.4, -0.2) is 50.6 Å². The normalized spacial score (nSPS) is 26.3. The highest BCUT2D eigenvalue weighted by molar-refractivity contribution is 9.10. The zero-order valence-corrected chi connectivity index (χ0v) is 17.2. The van der Waals surface area contributed by atoms with Crippen molar-refractivity contribution in [1.29, 1.82) is 0 Å². The fraction of sp³-hybridized carbons (Fsp3) is 0.556. The molecule has 27 heavy (non-hydrogen) atoms. The molecule has 1 saturated carbocycles. The van der Waals surface area contributed by atoms with Gasteiger partial charge in [0.1, 0.15) is 22.1 Å². The van der Waals surface area contributed by atoms with Gasteiger partial charge in [0.2, 0.25) is 5.91 Å². The van der Waals surface area contributed by atoms with Crippen LogP contribution in [0.4, 0.5) is 10.6 Å². The maximum atomic E-state index is 12.9. The van der Waals surface area contributed by atoms with Gasteiger partial charge in [-0.25, -0.2) is 9.78 Å². The van der Waals surface area contributed by atoms with Crippen molar-refractivity contribution >= 4 is 39.7 Å². The van der Waals surface area contributed by atoms with Crippen molar-refractivity contribution < 1.29 is 24.2 Å². The lowest BCUT2D eigenvalue weighted by atomic mass is 9.99. The minimum absolute atomic E-state index is 0.0606. The predicted molar refractivity (Wildman–Crippen MR) is 100 cm³/mol. The van der Waals surface area contributed by atoms with E-state index >= 15 is 0 Å². The highest BCUT2D eigenvalue weighted by atomic mass is 79.9. The van der Waals surface area contributed by atoms with Gasteiger partial charge in [-0.05, 0) is 68.1 Å². The van der Waals surface area contributed by atoms with Gasteiger partial charge in [-0.15, -0.1) is 0 Å². The molecule has 9 heteroatoms. The molecule has 0 spiro atoms. The summed E-state index contributed by atoms with van der Waals surface area (Å²) in [6, 6.07) is 2.10. The van der Waals surface area contributed by atoms with Crippen LogP contribution >= 0.6 is 15.9 Å². The molecule has 1 aliphatic heterocycles. The number of pyridine rings is 1. The summed E-state index contributed by atoms with van der Waals surface area (Å²) in [5.41, 5.74) is -1.06. The number of nitrogens with zero attached hydrogens (tertiary/aromatic N) is 2. The third-order valence-electron chi connectivity index (χ3n) is 4.90. The Morgan fingerprint density at radius 3 is 2.59 bits per heavy atom. The topological polar surface area (TPSA) is 109 Å². The summed E-state index contributed by atoms with van der Waals surface area (Å²) in [6.45, 7) is 6.97. The molecule has 1 aromatic heterocycles. The molecular weight excluding hydrogens is 418 g/mol. The number of carbonyl (C=O) groups is 3. The maximum Gasteiger partial charge on any atom is 0.411 e. The van der Waals surface area contributed by atoms with E-state index in [0.29, 0.717) is 16.8 Å². The fourth-order valence-electron chi connectivity index (χ4n) is 3.47. The van der Waals surface area contributed by atoms with Gasteiger partial charge in [-0.1, -0.05) is 6.07 Å². The molecule has 1 saturated heterocycles. The molecule has 3 rings (SSSR count). The first-order chi connectivity index (χ1) is 12.4. The second kappa shape index (κ2) is 6.47. The number of amides is 2. The maximum absolute atomic E-state index is 12.9. The lowest BCUT2D eigenvalue weighted by Crippen LogP contribution is -2.47. The summed E-state index contributed by atoms with van der Waals surface area (Å²) >= 11 is 3.26. The monoisotopic (exact) mass is 439 g/mol. The minimum Gasteiger partial charge on any atom is -0.481 e. The Morgan fingerprint density at radius 1 is 1.33 bits per heavy atom. The van der Waals surface area contributed by atoms with Crippen LogP contribution in [-0.2, 0) is 14.3 Å². The number of hydrogen-bond acceptors (Lipinski definition) is 5. The number of carbonyl (C=O) groups excluding carboxylic acids is 2.